The van der Waals surface area contributed by atoms with Crippen molar-refractivity contribution >= 4 is 5.91 Å². The van der Waals surface area contributed by atoms with E-state index in [9.17, 15) is 23.1 Å². The van der Waals surface area contributed by atoms with Gasteiger partial charge in [-0.3, -0.25) is 4.79 Å². The van der Waals surface area contributed by atoms with Gasteiger partial charge in [-0.25, -0.2) is 4.39 Å². The van der Waals surface area contributed by atoms with Crippen LogP contribution in [0.15, 0.2) is 54.6 Å². The SMILES string of the molecule is C[C@](O)(c1ccc(C(=O)N(C2CC2)C2CCC(F)(c3ccccc3)CC2)cc1)C(F)(F)F. The number of aliphatic hydroxyl groups is 1. The smallest absolute Gasteiger partial charge is 0.376 e. The maximum absolute atomic E-state index is 15.5. The number of carbonyl (C=O) groups excluding carboxylic acids is 1. The van der Waals surface area contributed by atoms with Crippen LogP contribution in [0.5, 0.6) is 0 Å². The molecule has 0 radical (unpaired) electrons. The van der Waals surface area contributed by atoms with Crippen molar-refractivity contribution in [2.24, 2.45) is 0 Å². The molecule has 2 aliphatic carbocycles. The molecule has 7 heteroatoms. The third-order valence-corrected chi connectivity index (χ3v) is 6.85. The Bertz CT molecular complexity index is 944. The van der Waals surface area contributed by atoms with Gasteiger partial charge in [-0.15, -0.1) is 0 Å². The van der Waals surface area contributed by atoms with Crippen molar-refractivity contribution < 1.29 is 27.5 Å². The molecule has 4 rings (SSSR count). The summed E-state index contributed by atoms with van der Waals surface area (Å²) in [6, 6.07) is 14.0. The second-order valence-corrected chi connectivity index (χ2v) is 9.15. The highest BCUT2D eigenvalue weighted by atomic mass is 19.4. The van der Waals surface area contributed by atoms with Crippen LogP contribution in [0.1, 0.15) is 66.9 Å². The molecule has 2 fully saturated rings. The fourth-order valence-electron chi connectivity index (χ4n) is 4.60. The van der Waals surface area contributed by atoms with Crippen molar-refractivity contribution in [3.8, 4) is 0 Å². The zero-order valence-corrected chi connectivity index (χ0v) is 17.9. The number of halogens is 4. The van der Waals surface area contributed by atoms with E-state index in [4.69, 9.17) is 0 Å². The summed E-state index contributed by atoms with van der Waals surface area (Å²) in [5.74, 6) is -0.248. The number of hydrogen-bond acceptors (Lipinski definition) is 2. The molecule has 32 heavy (non-hydrogen) atoms. The molecule has 3 nitrogen and oxygen atoms in total. The highest BCUT2D eigenvalue weighted by Gasteiger charge is 2.51. The molecule has 2 aromatic rings. The van der Waals surface area contributed by atoms with Crippen LogP contribution in [-0.4, -0.2) is 34.2 Å². The van der Waals surface area contributed by atoms with Gasteiger partial charge in [-0.1, -0.05) is 42.5 Å². The van der Waals surface area contributed by atoms with E-state index in [1.165, 1.54) is 12.1 Å². The van der Waals surface area contributed by atoms with Crippen molar-refractivity contribution in [3.63, 3.8) is 0 Å². The van der Waals surface area contributed by atoms with E-state index < -0.39 is 17.4 Å². The van der Waals surface area contributed by atoms with Gasteiger partial charge in [0.1, 0.15) is 5.67 Å². The Labute approximate surface area is 185 Å². The Kier molecular flexibility index (Phi) is 5.82. The van der Waals surface area contributed by atoms with E-state index in [1.54, 1.807) is 12.1 Å². The van der Waals surface area contributed by atoms with Crippen LogP contribution in [0.4, 0.5) is 17.6 Å². The Balaban J connectivity index is 1.49. The summed E-state index contributed by atoms with van der Waals surface area (Å²) >= 11 is 0. The van der Waals surface area contributed by atoms with Gasteiger partial charge in [-0.05, 0) is 68.7 Å². The van der Waals surface area contributed by atoms with Crippen LogP contribution >= 0.6 is 0 Å². The number of amides is 1. The summed E-state index contributed by atoms with van der Waals surface area (Å²) in [4.78, 5) is 15.1. The predicted molar refractivity (Wildman–Crippen MR) is 113 cm³/mol. The molecule has 1 amide bonds. The number of hydrogen-bond donors (Lipinski definition) is 1. The largest absolute Gasteiger partial charge is 0.421 e. The van der Waals surface area contributed by atoms with Gasteiger partial charge in [0, 0.05) is 17.6 Å². The summed E-state index contributed by atoms with van der Waals surface area (Å²) in [7, 11) is 0. The number of nitrogens with zero attached hydrogens (tertiary/aromatic N) is 1. The van der Waals surface area contributed by atoms with Gasteiger partial charge in [0.05, 0.1) is 0 Å². The molecule has 2 aromatic carbocycles. The van der Waals surface area contributed by atoms with Crippen molar-refractivity contribution in [3.05, 3.63) is 71.3 Å². The number of carbonyl (C=O) groups is 1. The van der Waals surface area contributed by atoms with Gasteiger partial charge in [0.15, 0.2) is 5.60 Å². The minimum Gasteiger partial charge on any atom is -0.376 e. The van der Waals surface area contributed by atoms with Crippen LogP contribution in [-0.2, 0) is 11.3 Å². The van der Waals surface area contributed by atoms with E-state index in [0.717, 1.165) is 25.0 Å². The van der Waals surface area contributed by atoms with Crippen molar-refractivity contribution in [1.29, 1.82) is 0 Å². The number of rotatable bonds is 5. The van der Waals surface area contributed by atoms with E-state index in [-0.39, 0.29) is 29.1 Å². The summed E-state index contributed by atoms with van der Waals surface area (Å²) < 4.78 is 54.8. The molecule has 0 bridgehead atoms. The summed E-state index contributed by atoms with van der Waals surface area (Å²) in [6.45, 7) is 0.693. The Morgan fingerprint density at radius 2 is 1.47 bits per heavy atom. The lowest BCUT2D eigenvalue weighted by Gasteiger charge is -2.40. The fraction of sp³-hybridized carbons (Fsp3) is 0.480. The minimum absolute atomic E-state index is 0.0919. The molecular formula is C25H27F4NO2. The van der Waals surface area contributed by atoms with E-state index in [1.807, 2.05) is 23.1 Å². The van der Waals surface area contributed by atoms with E-state index in [2.05, 4.69) is 0 Å². The number of alkyl halides is 4. The standard InChI is InChI=1S/C25H27F4NO2/c1-23(32,25(27,28)29)18-9-7-17(8-10-18)22(31)30(20-11-12-20)21-13-15-24(26,16-14-21)19-5-3-2-4-6-19/h2-10,20-21,32H,11-16H2,1H3/t21?,23-,24?/m0/s1. The van der Waals surface area contributed by atoms with E-state index in [0.29, 0.717) is 38.2 Å². The van der Waals surface area contributed by atoms with Gasteiger partial charge in [-0.2, -0.15) is 13.2 Å². The Hall–Kier alpha value is -2.41. The zero-order chi connectivity index (χ0) is 23.1. The molecule has 172 valence electrons. The van der Waals surface area contributed by atoms with Crippen LogP contribution in [0, 0.1) is 0 Å². The lowest BCUT2D eigenvalue weighted by molar-refractivity contribution is -0.258. The molecule has 0 aliphatic heterocycles. The molecule has 1 atom stereocenters. The lowest BCUT2D eigenvalue weighted by atomic mass is 9.78. The molecular weight excluding hydrogens is 422 g/mol. The molecule has 0 unspecified atom stereocenters. The van der Waals surface area contributed by atoms with Crippen molar-refractivity contribution in [2.45, 2.75) is 75.0 Å². The second-order valence-electron chi connectivity index (χ2n) is 9.15. The van der Waals surface area contributed by atoms with Gasteiger partial charge in [0.25, 0.3) is 5.91 Å². The molecule has 0 saturated heterocycles. The molecule has 2 saturated carbocycles. The fourth-order valence-corrected chi connectivity index (χ4v) is 4.60. The quantitative estimate of drug-likeness (QED) is 0.580. The van der Waals surface area contributed by atoms with Crippen molar-refractivity contribution in [2.75, 3.05) is 0 Å². The predicted octanol–water partition coefficient (Wildman–Crippen LogP) is 5.87. The van der Waals surface area contributed by atoms with Gasteiger partial charge in [0.2, 0.25) is 0 Å². The monoisotopic (exact) mass is 449 g/mol. The van der Waals surface area contributed by atoms with Crippen LogP contribution < -0.4 is 0 Å². The Morgan fingerprint density at radius 1 is 0.938 bits per heavy atom. The highest BCUT2D eigenvalue weighted by molar-refractivity contribution is 5.95. The van der Waals surface area contributed by atoms with Crippen LogP contribution in [0.2, 0.25) is 0 Å². The van der Waals surface area contributed by atoms with Gasteiger partial charge >= 0.3 is 6.18 Å². The van der Waals surface area contributed by atoms with E-state index >= 15 is 4.39 Å². The highest BCUT2D eigenvalue weighted by Crippen LogP contribution is 2.44. The maximum Gasteiger partial charge on any atom is 0.421 e. The molecule has 2 aliphatic rings. The second kappa shape index (κ2) is 8.18. The lowest BCUT2D eigenvalue weighted by Crippen LogP contribution is -2.45. The summed E-state index contributed by atoms with van der Waals surface area (Å²) in [6.07, 6.45) is -1.34. The molecule has 1 N–H and O–H groups in total. The van der Waals surface area contributed by atoms with Crippen LogP contribution in [0.3, 0.4) is 0 Å². The minimum atomic E-state index is -4.82. The Morgan fingerprint density at radius 3 is 1.97 bits per heavy atom. The first-order valence-corrected chi connectivity index (χ1v) is 11.0. The molecule has 0 aromatic heterocycles. The average molecular weight is 449 g/mol. The number of benzene rings is 2. The first-order chi connectivity index (χ1) is 15.0. The molecule has 0 spiro atoms. The third kappa shape index (κ3) is 4.27. The topological polar surface area (TPSA) is 40.5 Å². The average Bonchev–Trinajstić information content (AvgIpc) is 3.60. The normalized spacial score (nSPS) is 25.8. The van der Waals surface area contributed by atoms with Crippen LogP contribution in [0.25, 0.3) is 0 Å². The zero-order valence-electron chi connectivity index (χ0n) is 17.9. The first kappa shape index (κ1) is 22.8. The first-order valence-electron chi connectivity index (χ1n) is 11.0. The molecule has 0 heterocycles. The third-order valence-electron chi connectivity index (χ3n) is 6.85. The van der Waals surface area contributed by atoms with Crippen molar-refractivity contribution in [1.82, 2.24) is 4.90 Å². The maximum atomic E-state index is 15.5. The van der Waals surface area contributed by atoms with Gasteiger partial charge < -0.3 is 10.0 Å². The summed E-state index contributed by atoms with van der Waals surface area (Å²) in [5.41, 5.74) is -3.77. The summed E-state index contributed by atoms with van der Waals surface area (Å²) in [5, 5.41) is 9.85.